The lowest BCUT2D eigenvalue weighted by Gasteiger charge is -2.24. The minimum absolute atomic E-state index is 0.133. The van der Waals surface area contributed by atoms with Gasteiger partial charge in [0.05, 0.1) is 23.8 Å². The summed E-state index contributed by atoms with van der Waals surface area (Å²) in [6.07, 6.45) is 2.43. The maximum Gasteiger partial charge on any atom is 0.340 e. The smallest absolute Gasteiger partial charge is 0.340 e. The van der Waals surface area contributed by atoms with Crippen molar-refractivity contribution >= 4 is 21.9 Å². The molecule has 1 aromatic rings. The van der Waals surface area contributed by atoms with E-state index < -0.39 is 11.8 Å². The standard InChI is InChI=1S/C13H14BrFO4/c1-17-13(16)8-6-9(14)11(7-10(8)15)19-12-4-2-3-5-18-12/h6-7,12H,2-5H2,1H3. The summed E-state index contributed by atoms with van der Waals surface area (Å²) in [6.45, 7) is 0.644. The Hall–Kier alpha value is -1.14. The number of ether oxygens (including phenoxy) is 3. The maximum absolute atomic E-state index is 13.8. The molecule has 0 amide bonds. The van der Waals surface area contributed by atoms with Gasteiger partial charge in [0, 0.05) is 12.5 Å². The molecule has 0 radical (unpaired) electrons. The van der Waals surface area contributed by atoms with Gasteiger partial charge < -0.3 is 14.2 Å². The lowest BCUT2D eigenvalue weighted by Crippen LogP contribution is -2.25. The summed E-state index contributed by atoms with van der Waals surface area (Å²) in [5, 5.41) is 0. The third kappa shape index (κ3) is 3.45. The molecule has 1 atom stereocenters. The summed E-state index contributed by atoms with van der Waals surface area (Å²) >= 11 is 3.25. The summed E-state index contributed by atoms with van der Waals surface area (Å²) in [6, 6.07) is 2.51. The van der Waals surface area contributed by atoms with Gasteiger partial charge in [-0.2, -0.15) is 0 Å². The van der Waals surface area contributed by atoms with Crippen LogP contribution in [0.1, 0.15) is 29.6 Å². The van der Waals surface area contributed by atoms with Gasteiger partial charge in [0.1, 0.15) is 11.6 Å². The molecule has 104 valence electrons. The number of carbonyl (C=O) groups is 1. The average molecular weight is 333 g/mol. The number of hydrogen-bond donors (Lipinski definition) is 0. The predicted octanol–water partition coefficient (Wildman–Crippen LogP) is 3.28. The van der Waals surface area contributed by atoms with Crippen molar-refractivity contribution in [3.63, 3.8) is 0 Å². The summed E-state index contributed by atoms with van der Waals surface area (Å²) in [5.41, 5.74) is -0.133. The first-order chi connectivity index (χ1) is 9.11. The van der Waals surface area contributed by atoms with Crippen LogP contribution in [0.3, 0.4) is 0 Å². The van der Waals surface area contributed by atoms with Crippen molar-refractivity contribution in [1.82, 2.24) is 0 Å². The highest BCUT2D eigenvalue weighted by Gasteiger charge is 2.20. The van der Waals surface area contributed by atoms with Crippen molar-refractivity contribution in [3.8, 4) is 5.75 Å². The molecule has 0 aromatic heterocycles. The van der Waals surface area contributed by atoms with Gasteiger partial charge in [-0.3, -0.25) is 0 Å². The third-order valence-corrected chi connectivity index (χ3v) is 3.44. The van der Waals surface area contributed by atoms with Crippen LogP contribution in [0, 0.1) is 5.82 Å². The molecule has 0 N–H and O–H groups in total. The Morgan fingerprint density at radius 1 is 1.47 bits per heavy atom. The van der Waals surface area contributed by atoms with Crippen LogP contribution in [0.2, 0.25) is 0 Å². The maximum atomic E-state index is 13.8. The van der Waals surface area contributed by atoms with E-state index in [0.717, 1.165) is 25.3 Å². The second-order valence-corrected chi connectivity index (χ2v) is 5.02. The fourth-order valence-electron chi connectivity index (χ4n) is 1.83. The molecule has 6 heteroatoms. The second kappa shape index (κ2) is 6.34. The number of halogens is 2. The number of hydrogen-bond acceptors (Lipinski definition) is 4. The van der Waals surface area contributed by atoms with Crippen LogP contribution in [0.15, 0.2) is 16.6 Å². The predicted molar refractivity (Wildman–Crippen MR) is 69.7 cm³/mol. The first-order valence-electron chi connectivity index (χ1n) is 5.97. The van der Waals surface area contributed by atoms with Gasteiger partial charge in [0.25, 0.3) is 0 Å². The molecule has 1 saturated heterocycles. The van der Waals surface area contributed by atoms with E-state index in [2.05, 4.69) is 20.7 Å². The van der Waals surface area contributed by atoms with Crippen LogP contribution in [0.25, 0.3) is 0 Å². The molecule has 1 aliphatic rings. The highest BCUT2D eigenvalue weighted by Crippen LogP contribution is 2.30. The Bertz CT molecular complexity index is 472. The van der Waals surface area contributed by atoms with Gasteiger partial charge in [0.2, 0.25) is 0 Å². The molecule has 1 unspecified atom stereocenters. The fraction of sp³-hybridized carbons (Fsp3) is 0.462. The van der Waals surface area contributed by atoms with Crippen molar-refractivity contribution in [1.29, 1.82) is 0 Å². The van der Waals surface area contributed by atoms with Crippen molar-refractivity contribution in [2.45, 2.75) is 25.6 Å². The second-order valence-electron chi connectivity index (χ2n) is 4.17. The zero-order valence-electron chi connectivity index (χ0n) is 10.4. The van der Waals surface area contributed by atoms with Gasteiger partial charge >= 0.3 is 5.97 Å². The highest BCUT2D eigenvalue weighted by atomic mass is 79.9. The number of rotatable bonds is 3. The van der Waals surface area contributed by atoms with Gasteiger partial charge in [-0.05, 0) is 34.8 Å². The Labute approximate surface area is 119 Å². The minimum Gasteiger partial charge on any atom is -0.465 e. The van der Waals surface area contributed by atoms with E-state index in [9.17, 15) is 9.18 Å². The molecule has 1 heterocycles. The molecule has 1 aromatic carbocycles. The highest BCUT2D eigenvalue weighted by molar-refractivity contribution is 9.10. The monoisotopic (exact) mass is 332 g/mol. The van der Waals surface area contributed by atoms with Crippen molar-refractivity contribution in [2.75, 3.05) is 13.7 Å². The van der Waals surface area contributed by atoms with E-state index in [0.29, 0.717) is 16.8 Å². The number of esters is 1. The van der Waals surface area contributed by atoms with Crippen LogP contribution in [0.5, 0.6) is 5.75 Å². The van der Waals surface area contributed by atoms with E-state index >= 15 is 0 Å². The minimum atomic E-state index is -0.723. The summed E-state index contributed by atoms with van der Waals surface area (Å²) in [5.74, 6) is -1.09. The van der Waals surface area contributed by atoms with Gasteiger partial charge in [-0.1, -0.05) is 0 Å². The molecule has 0 bridgehead atoms. The van der Waals surface area contributed by atoms with Crippen molar-refractivity contribution < 1.29 is 23.4 Å². The largest absolute Gasteiger partial charge is 0.465 e. The summed E-state index contributed by atoms with van der Waals surface area (Å²) < 4.78 is 29.8. The van der Waals surface area contributed by atoms with E-state index in [1.165, 1.54) is 13.2 Å². The van der Waals surface area contributed by atoms with Crippen LogP contribution in [-0.4, -0.2) is 26.0 Å². The molecule has 4 nitrogen and oxygen atoms in total. The van der Waals surface area contributed by atoms with E-state index in [-0.39, 0.29) is 11.9 Å². The van der Waals surface area contributed by atoms with Crippen molar-refractivity contribution in [2.24, 2.45) is 0 Å². The fourth-order valence-corrected chi connectivity index (χ4v) is 2.27. The zero-order chi connectivity index (χ0) is 13.8. The number of methoxy groups -OCH3 is 1. The Morgan fingerprint density at radius 3 is 2.89 bits per heavy atom. The zero-order valence-corrected chi connectivity index (χ0v) is 12.0. The number of carbonyl (C=O) groups excluding carboxylic acids is 1. The summed E-state index contributed by atoms with van der Waals surface area (Å²) in [4.78, 5) is 11.3. The lowest BCUT2D eigenvalue weighted by atomic mass is 10.2. The Balaban J connectivity index is 2.17. The van der Waals surface area contributed by atoms with Crippen LogP contribution in [0.4, 0.5) is 4.39 Å². The quantitative estimate of drug-likeness (QED) is 0.797. The van der Waals surface area contributed by atoms with E-state index in [1.54, 1.807) is 0 Å². The van der Waals surface area contributed by atoms with Gasteiger partial charge in [-0.15, -0.1) is 0 Å². The van der Waals surface area contributed by atoms with Crippen LogP contribution < -0.4 is 4.74 Å². The SMILES string of the molecule is COC(=O)c1cc(Br)c(OC2CCCCO2)cc1F. The molecule has 1 aliphatic heterocycles. The van der Waals surface area contributed by atoms with E-state index in [4.69, 9.17) is 9.47 Å². The Kier molecular flexibility index (Phi) is 4.76. The third-order valence-electron chi connectivity index (χ3n) is 2.82. The van der Waals surface area contributed by atoms with Gasteiger partial charge in [-0.25, -0.2) is 9.18 Å². The number of benzene rings is 1. The molecule has 19 heavy (non-hydrogen) atoms. The lowest BCUT2D eigenvalue weighted by molar-refractivity contribution is -0.106. The average Bonchev–Trinajstić information content (AvgIpc) is 2.43. The topological polar surface area (TPSA) is 44.8 Å². The molecular formula is C13H14BrFO4. The first-order valence-corrected chi connectivity index (χ1v) is 6.76. The van der Waals surface area contributed by atoms with Crippen LogP contribution >= 0.6 is 15.9 Å². The summed E-state index contributed by atoms with van der Waals surface area (Å²) in [7, 11) is 1.20. The van der Waals surface area contributed by atoms with Gasteiger partial charge in [0.15, 0.2) is 6.29 Å². The Morgan fingerprint density at radius 2 is 2.26 bits per heavy atom. The van der Waals surface area contributed by atoms with E-state index in [1.807, 2.05) is 0 Å². The molecule has 0 spiro atoms. The molecule has 2 rings (SSSR count). The van der Waals surface area contributed by atoms with Crippen LogP contribution in [-0.2, 0) is 9.47 Å². The normalized spacial score (nSPS) is 19.0. The molecular weight excluding hydrogens is 319 g/mol. The molecule has 0 saturated carbocycles. The first kappa shape index (κ1) is 14.3. The molecule has 1 fully saturated rings. The van der Waals surface area contributed by atoms with Crippen molar-refractivity contribution in [3.05, 3.63) is 28.0 Å². The molecule has 0 aliphatic carbocycles.